The molecule has 8 nitrogen and oxygen atoms in total. The largest absolute Gasteiger partial charge is 0.495 e. The normalized spacial score (nSPS) is 13.0. The quantitative estimate of drug-likeness (QED) is 0.456. The van der Waals surface area contributed by atoms with E-state index in [0.29, 0.717) is 22.8 Å². The number of carbonyl (C=O) groups excluding carboxylic acids is 2. The summed E-state index contributed by atoms with van der Waals surface area (Å²) in [6.45, 7) is 5.20. The van der Waals surface area contributed by atoms with Gasteiger partial charge in [0.2, 0.25) is 21.8 Å². The number of nitrogens with zero attached hydrogens (tertiary/aromatic N) is 2. The van der Waals surface area contributed by atoms with Gasteiger partial charge in [-0.25, -0.2) is 8.42 Å². The van der Waals surface area contributed by atoms with Gasteiger partial charge in [0.05, 0.1) is 19.1 Å². The van der Waals surface area contributed by atoms with Crippen molar-refractivity contribution in [2.75, 3.05) is 24.2 Å². The van der Waals surface area contributed by atoms with Gasteiger partial charge < -0.3 is 15.0 Å². The molecule has 0 saturated carbocycles. The highest BCUT2D eigenvalue weighted by atomic mass is 35.5. The Bertz CT molecular complexity index is 1130. The Balaban J connectivity index is 2.49. The molecule has 2 rings (SSSR count). The fourth-order valence-electron chi connectivity index (χ4n) is 3.60. The number of methoxy groups -OCH3 is 1. The van der Waals surface area contributed by atoms with E-state index in [9.17, 15) is 18.0 Å². The first-order valence-corrected chi connectivity index (χ1v) is 13.7. The highest BCUT2D eigenvalue weighted by Gasteiger charge is 2.33. The van der Waals surface area contributed by atoms with E-state index in [1.54, 1.807) is 48.5 Å². The van der Waals surface area contributed by atoms with Crippen molar-refractivity contribution in [3.63, 3.8) is 0 Å². The van der Waals surface area contributed by atoms with Crippen molar-refractivity contribution in [2.24, 2.45) is 0 Å². The van der Waals surface area contributed by atoms with E-state index < -0.39 is 28.5 Å². The molecule has 1 N–H and O–H groups in total. The molecule has 2 aromatic carbocycles. The molecule has 2 aromatic rings. The summed E-state index contributed by atoms with van der Waals surface area (Å²) in [5, 5.41) is 3.38. The molecule has 0 heterocycles. The van der Waals surface area contributed by atoms with Gasteiger partial charge in [-0.15, -0.1) is 0 Å². The van der Waals surface area contributed by atoms with E-state index in [0.717, 1.165) is 17.0 Å². The van der Waals surface area contributed by atoms with Crippen LogP contribution in [0.15, 0.2) is 48.5 Å². The van der Waals surface area contributed by atoms with Gasteiger partial charge in [-0.1, -0.05) is 55.8 Å². The zero-order chi connectivity index (χ0) is 26.2. The number of hydrogen-bond donors (Lipinski definition) is 1. The summed E-state index contributed by atoms with van der Waals surface area (Å²) in [6.07, 6.45) is 2.10. The first kappa shape index (κ1) is 28.5. The highest BCUT2D eigenvalue weighted by Crippen LogP contribution is 2.30. The predicted molar refractivity (Wildman–Crippen MR) is 139 cm³/mol. The fraction of sp³-hybridized carbons (Fsp3) is 0.440. The summed E-state index contributed by atoms with van der Waals surface area (Å²) < 4.78 is 31.8. The third kappa shape index (κ3) is 7.60. The van der Waals surface area contributed by atoms with Gasteiger partial charge in [0, 0.05) is 17.6 Å². The molecule has 0 spiro atoms. The summed E-state index contributed by atoms with van der Waals surface area (Å²) in [5.41, 5.74) is 0.890. The maximum absolute atomic E-state index is 13.7. The molecule has 0 bridgehead atoms. The Labute approximate surface area is 213 Å². The second kappa shape index (κ2) is 12.8. The SMILES string of the molecule is CC[C@@H](C)NC(=O)[C@@H](CC)N(Cc1ccccc1Cl)C(=O)CN(c1ccccc1OC)S(C)(=O)=O. The van der Waals surface area contributed by atoms with Gasteiger partial charge in [0.25, 0.3) is 0 Å². The lowest BCUT2D eigenvalue weighted by atomic mass is 10.1. The number of carbonyl (C=O) groups is 2. The maximum atomic E-state index is 13.7. The van der Waals surface area contributed by atoms with Crippen molar-refractivity contribution in [3.05, 3.63) is 59.1 Å². The average molecular weight is 524 g/mol. The third-order valence-corrected chi connectivity index (χ3v) is 7.21. The van der Waals surface area contributed by atoms with Crippen LogP contribution in [-0.4, -0.2) is 57.1 Å². The zero-order valence-corrected chi connectivity index (χ0v) is 22.4. The van der Waals surface area contributed by atoms with Crippen LogP contribution >= 0.6 is 11.6 Å². The number of ether oxygens (including phenoxy) is 1. The number of anilines is 1. The first-order chi connectivity index (χ1) is 16.5. The number of hydrogen-bond acceptors (Lipinski definition) is 5. The molecule has 0 fully saturated rings. The van der Waals surface area contributed by atoms with Crippen molar-refractivity contribution in [1.29, 1.82) is 0 Å². The molecule has 0 radical (unpaired) electrons. The molecule has 10 heteroatoms. The van der Waals surface area contributed by atoms with Gasteiger partial charge in [0.1, 0.15) is 18.3 Å². The summed E-state index contributed by atoms with van der Waals surface area (Å²) in [7, 11) is -2.43. The van der Waals surface area contributed by atoms with Crippen LogP contribution in [0.4, 0.5) is 5.69 Å². The lowest BCUT2D eigenvalue weighted by Crippen LogP contribution is -2.53. The molecule has 2 atom stereocenters. The third-order valence-electron chi connectivity index (χ3n) is 5.72. The van der Waals surface area contributed by atoms with E-state index >= 15 is 0 Å². The molecule has 2 amide bonds. The molecule has 0 aliphatic heterocycles. The van der Waals surface area contributed by atoms with Crippen LogP contribution in [0.1, 0.15) is 39.2 Å². The molecule has 0 aliphatic carbocycles. The number of halogens is 1. The van der Waals surface area contributed by atoms with Crippen LogP contribution in [0.2, 0.25) is 5.02 Å². The van der Waals surface area contributed by atoms with Crippen molar-refractivity contribution < 1.29 is 22.7 Å². The molecule has 192 valence electrons. The topological polar surface area (TPSA) is 96.0 Å². The van der Waals surface area contributed by atoms with E-state index in [1.165, 1.54) is 12.0 Å². The Morgan fingerprint density at radius 3 is 2.26 bits per heavy atom. The van der Waals surface area contributed by atoms with Crippen molar-refractivity contribution in [2.45, 2.75) is 52.2 Å². The van der Waals surface area contributed by atoms with Crippen LogP contribution in [0.25, 0.3) is 0 Å². The second-order valence-corrected chi connectivity index (χ2v) is 10.6. The molecule has 35 heavy (non-hydrogen) atoms. The molecular weight excluding hydrogens is 490 g/mol. The van der Waals surface area contributed by atoms with Crippen LogP contribution in [0, 0.1) is 0 Å². The number of rotatable bonds is 12. The van der Waals surface area contributed by atoms with Crippen molar-refractivity contribution in [3.8, 4) is 5.75 Å². The predicted octanol–water partition coefficient (Wildman–Crippen LogP) is 3.84. The minimum Gasteiger partial charge on any atom is -0.495 e. The van der Waals surface area contributed by atoms with Crippen LogP contribution in [0.3, 0.4) is 0 Å². The maximum Gasteiger partial charge on any atom is 0.244 e. The van der Waals surface area contributed by atoms with E-state index in [2.05, 4.69) is 5.32 Å². The number of benzene rings is 2. The minimum absolute atomic E-state index is 0.0501. The highest BCUT2D eigenvalue weighted by molar-refractivity contribution is 7.92. The molecule has 0 saturated heterocycles. The minimum atomic E-state index is -3.86. The van der Waals surface area contributed by atoms with Crippen LogP contribution in [-0.2, 0) is 26.2 Å². The van der Waals surface area contributed by atoms with Gasteiger partial charge in [-0.05, 0) is 43.5 Å². The standard InChI is InChI=1S/C25H34ClN3O5S/c1-6-18(3)27-25(31)21(7-2)28(16-19-12-8-9-13-20(19)26)24(30)17-29(35(5,32)33)22-14-10-11-15-23(22)34-4/h8-15,18,21H,6-7,16-17H2,1-5H3,(H,27,31)/t18-,21-/m1/s1. The Hall–Kier alpha value is -2.78. The zero-order valence-electron chi connectivity index (χ0n) is 20.8. The monoisotopic (exact) mass is 523 g/mol. The number of amides is 2. The van der Waals surface area contributed by atoms with Crippen LogP contribution in [0.5, 0.6) is 5.75 Å². The molecule has 0 aliphatic rings. The summed E-state index contributed by atoms with van der Waals surface area (Å²) in [6, 6.07) is 12.7. The van der Waals surface area contributed by atoms with Gasteiger partial charge in [0.15, 0.2) is 0 Å². The summed E-state index contributed by atoms with van der Waals surface area (Å²) in [4.78, 5) is 28.2. The van der Waals surface area contributed by atoms with Gasteiger partial charge in [-0.3, -0.25) is 13.9 Å². The fourth-order valence-corrected chi connectivity index (χ4v) is 4.65. The Morgan fingerprint density at radius 2 is 1.69 bits per heavy atom. The van der Waals surface area contributed by atoms with Gasteiger partial charge >= 0.3 is 0 Å². The second-order valence-electron chi connectivity index (χ2n) is 8.30. The summed E-state index contributed by atoms with van der Waals surface area (Å²) in [5.74, 6) is -0.525. The average Bonchev–Trinajstić information content (AvgIpc) is 2.82. The van der Waals surface area contributed by atoms with Crippen molar-refractivity contribution in [1.82, 2.24) is 10.2 Å². The molecule has 0 unspecified atom stereocenters. The van der Waals surface area contributed by atoms with Crippen molar-refractivity contribution >= 4 is 39.1 Å². The smallest absolute Gasteiger partial charge is 0.244 e. The van der Waals surface area contributed by atoms with Crippen LogP contribution < -0.4 is 14.4 Å². The number of para-hydroxylation sites is 2. The Morgan fingerprint density at radius 1 is 1.06 bits per heavy atom. The Kier molecular flexibility index (Phi) is 10.4. The van der Waals surface area contributed by atoms with E-state index in [1.807, 2.05) is 20.8 Å². The van der Waals surface area contributed by atoms with E-state index in [-0.39, 0.29) is 24.2 Å². The van der Waals surface area contributed by atoms with E-state index in [4.69, 9.17) is 16.3 Å². The first-order valence-electron chi connectivity index (χ1n) is 11.5. The van der Waals surface area contributed by atoms with Gasteiger partial charge in [-0.2, -0.15) is 0 Å². The summed E-state index contributed by atoms with van der Waals surface area (Å²) >= 11 is 6.36. The number of nitrogens with one attached hydrogen (secondary N) is 1. The lowest BCUT2D eigenvalue weighted by Gasteiger charge is -2.33. The molecule has 0 aromatic heterocycles. The lowest BCUT2D eigenvalue weighted by molar-refractivity contribution is -0.140. The molecular formula is C25H34ClN3O5S. The number of sulfonamides is 1.